The van der Waals surface area contributed by atoms with Gasteiger partial charge in [0.2, 0.25) is 0 Å². The molecule has 0 saturated heterocycles. The first-order valence-corrected chi connectivity index (χ1v) is 6.42. The van der Waals surface area contributed by atoms with Gasteiger partial charge in [0.05, 0.1) is 0 Å². The molecule has 0 aliphatic heterocycles. The first-order chi connectivity index (χ1) is 7.04. The zero-order chi connectivity index (χ0) is 11.8. The lowest BCUT2D eigenvalue weighted by Gasteiger charge is -2.32. The van der Waals surface area contributed by atoms with Crippen molar-refractivity contribution in [2.75, 3.05) is 20.1 Å². The summed E-state index contributed by atoms with van der Waals surface area (Å²) in [5.41, 5.74) is 0. The Morgan fingerprint density at radius 2 is 1.67 bits per heavy atom. The van der Waals surface area contributed by atoms with Crippen LogP contribution in [0.15, 0.2) is 0 Å². The Morgan fingerprint density at radius 1 is 1.07 bits per heavy atom. The summed E-state index contributed by atoms with van der Waals surface area (Å²) >= 11 is 0. The normalized spacial score (nSPS) is 17.8. The van der Waals surface area contributed by atoms with Crippen LogP contribution in [0.5, 0.6) is 0 Å². The van der Waals surface area contributed by atoms with Gasteiger partial charge in [0.1, 0.15) is 0 Å². The zero-order valence-corrected chi connectivity index (χ0v) is 11.4. The molecular weight excluding hydrogens is 184 g/mol. The molecule has 0 heterocycles. The lowest BCUT2D eigenvalue weighted by atomic mass is 9.81. The first kappa shape index (κ1) is 14.9. The quantitative estimate of drug-likeness (QED) is 0.607. The molecule has 92 valence electrons. The molecule has 0 aromatic heterocycles. The van der Waals surface area contributed by atoms with E-state index in [1.54, 1.807) is 0 Å². The Labute approximate surface area is 96.2 Å². The molecule has 3 unspecified atom stereocenters. The third-order valence-electron chi connectivity index (χ3n) is 3.63. The summed E-state index contributed by atoms with van der Waals surface area (Å²) in [6.07, 6.45) is 1.22. The van der Waals surface area contributed by atoms with E-state index in [1.807, 2.05) is 0 Å². The maximum absolute atomic E-state index is 3.55. The first-order valence-electron chi connectivity index (χ1n) is 6.42. The SMILES string of the molecule is CCCNCC(C(C)NC)C(C)C(C)C. The fraction of sp³-hybridized carbons (Fsp3) is 1.00. The van der Waals surface area contributed by atoms with Crippen LogP contribution in [-0.2, 0) is 0 Å². The predicted octanol–water partition coefficient (Wildman–Crippen LogP) is 2.50. The second kappa shape index (κ2) is 8.12. The molecule has 0 saturated carbocycles. The molecule has 0 aromatic carbocycles. The van der Waals surface area contributed by atoms with Gasteiger partial charge in [-0.2, -0.15) is 0 Å². The molecule has 0 rings (SSSR count). The minimum absolute atomic E-state index is 0.590. The lowest BCUT2D eigenvalue weighted by molar-refractivity contribution is 0.221. The molecule has 0 radical (unpaired) electrons. The van der Waals surface area contributed by atoms with Gasteiger partial charge in [-0.15, -0.1) is 0 Å². The number of rotatable bonds is 8. The van der Waals surface area contributed by atoms with Crippen LogP contribution in [0, 0.1) is 17.8 Å². The summed E-state index contributed by atoms with van der Waals surface area (Å²) in [4.78, 5) is 0. The smallest absolute Gasteiger partial charge is 0.00787 e. The van der Waals surface area contributed by atoms with Crippen LogP contribution in [-0.4, -0.2) is 26.2 Å². The summed E-state index contributed by atoms with van der Waals surface area (Å²) in [7, 11) is 2.06. The minimum atomic E-state index is 0.590. The van der Waals surface area contributed by atoms with Crippen LogP contribution < -0.4 is 10.6 Å². The van der Waals surface area contributed by atoms with Gasteiger partial charge in [0, 0.05) is 6.04 Å². The highest BCUT2D eigenvalue weighted by atomic mass is 14.9. The third kappa shape index (κ3) is 5.53. The molecule has 0 amide bonds. The second-order valence-electron chi connectivity index (χ2n) is 5.05. The van der Waals surface area contributed by atoms with Crippen LogP contribution >= 0.6 is 0 Å². The van der Waals surface area contributed by atoms with Crippen molar-refractivity contribution in [1.82, 2.24) is 10.6 Å². The highest BCUT2D eigenvalue weighted by Crippen LogP contribution is 2.22. The van der Waals surface area contributed by atoms with Crippen LogP contribution in [0.25, 0.3) is 0 Å². The van der Waals surface area contributed by atoms with E-state index in [0.29, 0.717) is 6.04 Å². The molecule has 0 aliphatic rings. The van der Waals surface area contributed by atoms with E-state index in [1.165, 1.54) is 6.42 Å². The Balaban J connectivity index is 4.17. The van der Waals surface area contributed by atoms with Crippen molar-refractivity contribution in [3.63, 3.8) is 0 Å². The van der Waals surface area contributed by atoms with E-state index in [-0.39, 0.29) is 0 Å². The highest BCUT2D eigenvalue weighted by Gasteiger charge is 2.24. The van der Waals surface area contributed by atoms with Crippen molar-refractivity contribution >= 4 is 0 Å². The Hall–Kier alpha value is -0.0800. The van der Waals surface area contributed by atoms with Crippen LogP contribution in [0.1, 0.15) is 41.0 Å². The molecule has 15 heavy (non-hydrogen) atoms. The molecule has 0 spiro atoms. The van der Waals surface area contributed by atoms with Gasteiger partial charge in [0.25, 0.3) is 0 Å². The maximum atomic E-state index is 3.55. The van der Waals surface area contributed by atoms with Gasteiger partial charge in [-0.3, -0.25) is 0 Å². The summed E-state index contributed by atoms with van der Waals surface area (Å²) in [5, 5.41) is 6.93. The average Bonchev–Trinajstić information content (AvgIpc) is 2.22. The van der Waals surface area contributed by atoms with Crippen molar-refractivity contribution in [1.29, 1.82) is 0 Å². The Kier molecular flexibility index (Phi) is 8.07. The van der Waals surface area contributed by atoms with Gasteiger partial charge in [-0.1, -0.05) is 27.7 Å². The number of hydrogen-bond donors (Lipinski definition) is 2. The monoisotopic (exact) mass is 214 g/mol. The van der Waals surface area contributed by atoms with E-state index in [4.69, 9.17) is 0 Å². The second-order valence-corrected chi connectivity index (χ2v) is 5.05. The van der Waals surface area contributed by atoms with Gasteiger partial charge >= 0.3 is 0 Å². The molecule has 2 heteroatoms. The molecule has 0 aromatic rings. The van der Waals surface area contributed by atoms with Crippen molar-refractivity contribution in [3.05, 3.63) is 0 Å². The highest BCUT2D eigenvalue weighted by molar-refractivity contribution is 4.79. The molecule has 0 aliphatic carbocycles. The van der Waals surface area contributed by atoms with Gasteiger partial charge < -0.3 is 10.6 Å². The predicted molar refractivity (Wildman–Crippen MR) is 69.2 cm³/mol. The van der Waals surface area contributed by atoms with Crippen molar-refractivity contribution in [2.45, 2.75) is 47.1 Å². The van der Waals surface area contributed by atoms with Gasteiger partial charge in [-0.05, 0) is 51.2 Å². The third-order valence-corrected chi connectivity index (χ3v) is 3.63. The zero-order valence-electron chi connectivity index (χ0n) is 11.4. The molecule has 0 fully saturated rings. The van der Waals surface area contributed by atoms with Gasteiger partial charge in [-0.25, -0.2) is 0 Å². The van der Waals surface area contributed by atoms with Crippen molar-refractivity contribution in [3.8, 4) is 0 Å². The van der Waals surface area contributed by atoms with E-state index in [9.17, 15) is 0 Å². The summed E-state index contributed by atoms with van der Waals surface area (Å²) < 4.78 is 0. The summed E-state index contributed by atoms with van der Waals surface area (Å²) in [6.45, 7) is 13.8. The molecule has 0 bridgehead atoms. The summed E-state index contributed by atoms with van der Waals surface area (Å²) in [5.74, 6) is 2.24. The Bertz CT molecular complexity index is 145. The van der Waals surface area contributed by atoms with Crippen LogP contribution in [0.2, 0.25) is 0 Å². The van der Waals surface area contributed by atoms with Crippen LogP contribution in [0.4, 0.5) is 0 Å². The maximum Gasteiger partial charge on any atom is 0.00787 e. The van der Waals surface area contributed by atoms with Crippen LogP contribution in [0.3, 0.4) is 0 Å². The largest absolute Gasteiger partial charge is 0.317 e. The van der Waals surface area contributed by atoms with E-state index >= 15 is 0 Å². The molecule has 2 N–H and O–H groups in total. The number of nitrogens with one attached hydrogen (secondary N) is 2. The lowest BCUT2D eigenvalue weighted by Crippen LogP contribution is -2.42. The topological polar surface area (TPSA) is 24.1 Å². The standard InChI is InChI=1S/C13H30N2/c1-7-8-15-9-13(12(5)14-6)11(4)10(2)3/h10-15H,7-9H2,1-6H3. The Morgan fingerprint density at radius 3 is 2.07 bits per heavy atom. The van der Waals surface area contributed by atoms with Crippen molar-refractivity contribution < 1.29 is 0 Å². The molecule has 2 nitrogen and oxygen atoms in total. The minimum Gasteiger partial charge on any atom is -0.317 e. The molecular formula is C13H30N2. The van der Waals surface area contributed by atoms with E-state index < -0.39 is 0 Å². The fourth-order valence-corrected chi connectivity index (χ4v) is 1.97. The van der Waals surface area contributed by atoms with E-state index in [0.717, 1.165) is 30.8 Å². The van der Waals surface area contributed by atoms with Crippen molar-refractivity contribution in [2.24, 2.45) is 17.8 Å². The number of hydrogen-bond acceptors (Lipinski definition) is 2. The average molecular weight is 214 g/mol. The summed E-state index contributed by atoms with van der Waals surface area (Å²) in [6, 6.07) is 0.590. The van der Waals surface area contributed by atoms with Gasteiger partial charge in [0.15, 0.2) is 0 Å². The fourth-order valence-electron chi connectivity index (χ4n) is 1.97. The molecule has 3 atom stereocenters. The van der Waals surface area contributed by atoms with E-state index in [2.05, 4.69) is 52.3 Å².